The molecule has 7 nitrogen and oxygen atoms in total. The van der Waals surface area contributed by atoms with Crippen molar-refractivity contribution in [2.75, 3.05) is 22.5 Å². The fourth-order valence-corrected chi connectivity index (χ4v) is 2.96. The number of nitrogens with zero attached hydrogens (tertiary/aromatic N) is 3. The number of carbonyl (C=O) groups excluding carboxylic acids is 1. The van der Waals surface area contributed by atoms with Gasteiger partial charge in [0, 0.05) is 18.3 Å². The Kier molecular flexibility index (Phi) is 3.71. The van der Waals surface area contributed by atoms with E-state index in [4.69, 9.17) is 10.5 Å². The lowest BCUT2D eigenvalue weighted by atomic mass is 10.0. The standard InChI is InChI=1S/C18H20FN5O2/c1-18(2)16(25)24(9-10-3-4-10)13-6-5-11(7-14(13)26-18)22-17-21-8-12(19)15(20)23-17/h5-8,10H,3-4,9H2,1-2H3,(H3,20,21,22,23). The molecule has 0 unspecified atom stereocenters. The highest BCUT2D eigenvalue weighted by Crippen LogP contribution is 2.42. The molecule has 136 valence electrons. The summed E-state index contributed by atoms with van der Waals surface area (Å²) >= 11 is 0. The zero-order chi connectivity index (χ0) is 18.5. The normalized spacial score (nSPS) is 18.3. The molecule has 2 aromatic rings. The zero-order valence-electron chi connectivity index (χ0n) is 14.6. The lowest BCUT2D eigenvalue weighted by molar-refractivity contribution is -0.132. The Balaban J connectivity index is 1.64. The molecule has 26 heavy (non-hydrogen) atoms. The Morgan fingerprint density at radius 1 is 1.42 bits per heavy atom. The first-order valence-electron chi connectivity index (χ1n) is 8.53. The molecule has 1 aliphatic heterocycles. The molecule has 1 amide bonds. The summed E-state index contributed by atoms with van der Waals surface area (Å²) in [4.78, 5) is 22.3. The van der Waals surface area contributed by atoms with Crippen LogP contribution in [-0.2, 0) is 4.79 Å². The van der Waals surface area contributed by atoms with E-state index in [2.05, 4.69) is 15.3 Å². The smallest absolute Gasteiger partial charge is 0.270 e. The van der Waals surface area contributed by atoms with Gasteiger partial charge < -0.3 is 20.7 Å². The second-order valence-electron chi connectivity index (χ2n) is 7.21. The number of nitrogens with two attached hydrogens (primary N) is 1. The summed E-state index contributed by atoms with van der Waals surface area (Å²) in [6.07, 6.45) is 3.32. The Labute approximate surface area is 150 Å². The molecule has 1 saturated carbocycles. The molecule has 1 aromatic carbocycles. The van der Waals surface area contributed by atoms with Crippen LogP contribution in [0, 0.1) is 11.7 Å². The number of carbonyl (C=O) groups is 1. The van der Waals surface area contributed by atoms with E-state index in [1.54, 1.807) is 26.0 Å². The van der Waals surface area contributed by atoms with E-state index >= 15 is 0 Å². The lowest BCUT2D eigenvalue weighted by Gasteiger charge is -2.39. The average Bonchev–Trinajstić information content (AvgIpc) is 3.39. The number of amides is 1. The number of ether oxygens (including phenoxy) is 1. The number of benzene rings is 1. The van der Waals surface area contributed by atoms with Gasteiger partial charge in [0.15, 0.2) is 17.2 Å². The number of halogens is 1. The largest absolute Gasteiger partial charge is 0.476 e. The van der Waals surface area contributed by atoms with Crippen molar-refractivity contribution in [2.24, 2.45) is 5.92 Å². The molecule has 2 heterocycles. The molecule has 4 rings (SSSR count). The van der Waals surface area contributed by atoms with Crippen LogP contribution >= 0.6 is 0 Å². The first-order chi connectivity index (χ1) is 12.3. The van der Waals surface area contributed by atoms with Crippen LogP contribution < -0.4 is 20.7 Å². The quantitative estimate of drug-likeness (QED) is 0.874. The van der Waals surface area contributed by atoms with Gasteiger partial charge in [-0.2, -0.15) is 4.98 Å². The first kappa shape index (κ1) is 16.6. The molecule has 8 heteroatoms. The minimum absolute atomic E-state index is 0.0350. The van der Waals surface area contributed by atoms with E-state index in [1.807, 2.05) is 11.0 Å². The fourth-order valence-electron chi connectivity index (χ4n) is 2.96. The van der Waals surface area contributed by atoms with Crippen molar-refractivity contribution < 1.29 is 13.9 Å². The average molecular weight is 357 g/mol. The number of nitrogen functional groups attached to an aromatic ring is 1. The minimum atomic E-state index is -0.933. The highest BCUT2D eigenvalue weighted by atomic mass is 19.1. The molecule has 1 fully saturated rings. The second kappa shape index (κ2) is 5.82. The molecule has 2 aliphatic rings. The van der Waals surface area contributed by atoms with Gasteiger partial charge >= 0.3 is 0 Å². The van der Waals surface area contributed by atoms with Gasteiger partial charge in [-0.25, -0.2) is 9.37 Å². The van der Waals surface area contributed by atoms with Gasteiger partial charge in [-0.1, -0.05) is 0 Å². The molecule has 3 N–H and O–H groups in total. The fraction of sp³-hybridized carbons (Fsp3) is 0.389. The summed E-state index contributed by atoms with van der Waals surface area (Å²) < 4.78 is 19.1. The van der Waals surface area contributed by atoms with Crippen LogP contribution in [0.3, 0.4) is 0 Å². The predicted octanol–water partition coefficient (Wildman–Crippen LogP) is 2.86. The molecule has 0 bridgehead atoms. The predicted molar refractivity (Wildman–Crippen MR) is 95.9 cm³/mol. The molecule has 0 radical (unpaired) electrons. The molecule has 0 saturated heterocycles. The van der Waals surface area contributed by atoms with E-state index in [0.717, 1.165) is 24.7 Å². The van der Waals surface area contributed by atoms with E-state index < -0.39 is 11.4 Å². The van der Waals surface area contributed by atoms with E-state index in [0.29, 0.717) is 23.9 Å². The van der Waals surface area contributed by atoms with Crippen LogP contribution in [-0.4, -0.2) is 28.0 Å². The van der Waals surface area contributed by atoms with E-state index in [-0.39, 0.29) is 17.7 Å². The van der Waals surface area contributed by atoms with Crippen LogP contribution in [0.25, 0.3) is 0 Å². The topological polar surface area (TPSA) is 93.4 Å². The van der Waals surface area contributed by atoms with Gasteiger partial charge in [0.25, 0.3) is 5.91 Å². The van der Waals surface area contributed by atoms with Crippen molar-refractivity contribution in [3.8, 4) is 5.75 Å². The number of hydrogen-bond donors (Lipinski definition) is 2. The SMILES string of the molecule is CC1(C)Oc2cc(Nc3ncc(F)c(N)n3)ccc2N(CC2CC2)C1=O. The van der Waals surface area contributed by atoms with Gasteiger partial charge in [-0.3, -0.25) is 4.79 Å². The molecule has 0 spiro atoms. The van der Waals surface area contributed by atoms with E-state index in [1.165, 1.54) is 0 Å². The summed E-state index contributed by atoms with van der Waals surface area (Å²) in [5.41, 5.74) is 5.95. The number of hydrogen-bond acceptors (Lipinski definition) is 6. The summed E-state index contributed by atoms with van der Waals surface area (Å²) in [5.74, 6) is 0.431. The van der Waals surface area contributed by atoms with Crippen LogP contribution in [0.2, 0.25) is 0 Å². The highest BCUT2D eigenvalue weighted by molar-refractivity contribution is 6.02. The number of anilines is 4. The molecule has 1 aromatic heterocycles. The summed E-state index contributed by atoms with van der Waals surface area (Å²) in [6.45, 7) is 4.24. The first-order valence-corrected chi connectivity index (χ1v) is 8.53. The molecular weight excluding hydrogens is 337 g/mol. The van der Waals surface area contributed by atoms with Crippen LogP contribution in [0.4, 0.5) is 27.5 Å². The third kappa shape index (κ3) is 3.02. The van der Waals surface area contributed by atoms with Crippen molar-refractivity contribution in [2.45, 2.75) is 32.3 Å². The summed E-state index contributed by atoms with van der Waals surface area (Å²) in [7, 11) is 0. The third-order valence-corrected chi connectivity index (χ3v) is 4.54. The van der Waals surface area contributed by atoms with E-state index in [9.17, 15) is 9.18 Å². The molecular formula is C18H20FN5O2. The molecule has 1 aliphatic carbocycles. The second-order valence-corrected chi connectivity index (χ2v) is 7.21. The minimum Gasteiger partial charge on any atom is -0.476 e. The summed E-state index contributed by atoms with van der Waals surface area (Å²) in [5, 5.41) is 2.98. The van der Waals surface area contributed by atoms with Crippen molar-refractivity contribution in [1.82, 2.24) is 9.97 Å². The van der Waals surface area contributed by atoms with Gasteiger partial charge in [0.05, 0.1) is 11.9 Å². The van der Waals surface area contributed by atoms with Crippen molar-refractivity contribution in [3.05, 3.63) is 30.2 Å². The summed E-state index contributed by atoms with van der Waals surface area (Å²) in [6, 6.07) is 5.42. The number of fused-ring (bicyclic) bond motifs is 1. The zero-order valence-corrected chi connectivity index (χ0v) is 14.6. The Morgan fingerprint density at radius 2 is 2.19 bits per heavy atom. The van der Waals surface area contributed by atoms with Gasteiger partial charge in [0.2, 0.25) is 5.95 Å². The van der Waals surface area contributed by atoms with Crippen LogP contribution in [0.1, 0.15) is 26.7 Å². The van der Waals surface area contributed by atoms with Crippen LogP contribution in [0.5, 0.6) is 5.75 Å². The highest BCUT2D eigenvalue weighted by Gasteiger charge is 2.42. The van der Waals surface area contributed by atoms with Gasteiger partial charge in [-0.15, -0.1) is 0 Å². The Bertz CT molecular complexity index is 882. The van der Waals surface area contributed by atoms with Crippen LogP contribution in [0.15, 0.2) is 24.4 Å². The molecule has 0 atom stereocenters. The van der Waals surface area contributed by atoms with Gasteiger partial charge in [-0.05, 0) is 44.7 Å². The lowest BCUT2D eigenvalue weighted by Crippen LogP contribution is -2.53. The maximum atomic E-state index is 13.2. The Morgan fingerprint density at radius 3 is 2.88 bits per heavy atom. The number of aromatic nitrogens is 2. The van der Waals surface area contributed by atoms with Crippen molar-refractivity contribution >= 4 is 29.0 Å². The number of rotatable bonds is 4. The van der Waals surface area contributed by atoms with Crippen molar-refractivity contribution in [3.63, 3.8) is 0 Å². The third-order valence-electron chi connectivity index (χ3n) is 4.54. The Hall–Kier alpha value is -2.90. The number of nitrogens with one attached hydrogen (secondary N) is 1. The maximum Gasteiger partial charge on any atom is 0.270 e. The maximum absolute atomic E-state index is 13.2. The van der Waals surface area contributed by atoms with Gasteiger partial charge in [0.1, 0.15) is 5.75 Å². The monoisotopic (exact) mass is 357 g/mol. The van der Waals surface area contributed by atoms with Crippen molar-refractivity contribution in [1.29, 1.82) is 0 Å².